The minimum Gasteiger partial charge on any atom is -0.299 e. The maximum absolute atomic E-state index is 11.4. The molecule has 0 amide bonds. The van der Waals surface area contributed by atoms with Crippen LogP contribution in [0.25, 0.3) is 0 Å². The summed E-state index contributed by atoms with van der Waals surface area (Å²) < 4.78 is 0. The summed E-state index contributed by atoms with van der Waals surface area (Å²) in [6.45, 7) is 5.54. The van der Waals surface area contributed by atoms with E-state index < -0.39 is 0 Å². The van der Waals surface area contributed by atoms with Gasteiger partial charge in [-0.05, 0) is 13.3 Å². The lowest BCUT2D eigenvalue weighted by atomic mass is 9.71. The third-order valence-corrected chi connectivity index (χ3v) is 2.54. The lowest BCUT2D eigenvalue weighted by molar-refractivity contribution is -0.142. The van der Waals surface area contributed by atoms with Gasteiger partial charge in [0.05, 0.1) is 5.92 Å². The molecule has 0 heterocycles. The van der Waals surface area contributed by atoms with Crippen LogP contribution >= 0.6 is 0 Å². The second-order valence-corrected chi connectivity index (χ2v) is 3.94. The summed E-state index contributed by atoms with van der Waals surface area (Å²) in [5.41, 5.74) is -0.271. The molecular weight excluding hydrogens is 140 g/mol. The van der Waals surface area contributed by atoms with Crippen molar-refractivity contribution in [3.05, 3.63) is 0 Å². The van der Waals surface area contributed by atoms with Crippen LogP contribution in [-0.4, -0.2) is 11.6 Å². The SMILES string of the molecule is CC1C(=O)CCC(C)(C)C1=O. The van der Waals surface area contributed by atoms with Crippen LogP contribution in [-0.2, 0) is 9.59 Å². The zero-order valence-electron chi connectivity index (χ0n) is 7.31. The van der Waals surface area contributed by atoms with Gasteiger partial charge in [0.15, 0.2) is 0 Å². The largest absolute Gasteiger partial charge is 0.299 e. The molecule has 0 bridgehead atoms. The van der Waals surface area contributed by atoms with Crippen molar-refractivity contribution in [3.8, 4) is 0 Å². The van der Waals surface area contributed by atoms with E-state index in [-0.39, 0.29) is 22.9 Å². The average Bonchev–Trinajstić information content (AvgIpc) is 1.95. The maximum atomic E-state index is 11.4. The highest BCUT2D eigenvalue weighted by Gasteiger charge is 2.39. The fraction of sp³-hybridized carbons (Fsp3) is 0.778. The highest BCUT2D eigenvalue weighted by Crippen LogP contribution is 2.32. The van der Waals surface area contributed by atoms with E-state index in [1.54, 1.807) is 6.92 Å². The first-order chi connectivity index (χ1) is 4.95. The first kappa shape index (κ1) is 8.44. The fourth-order valence-electron chi connectivity index (χ4n) is 1.51. The molecule has 1 unspecified atom stereocenters. The van der Waals surface area contributed by atoms with Crippen molar-refractivity contribution >= 4 is 11.6 Å². The van der Waals surface area contributed by atoms with Crippen LogP contribution in [0.15, 0.2) is 0 Å². The molecule has 62 valence electrons. The van der Waals surface area contributed by atoms with Gasteiger partial charge in [-0.25, -0.2) is 0 Å². The Hall–Kier alpha value is -0.660. The third kappa shape index (κ3) is 1.35. The van der Waals surface area contributed by atoms with Crippen LogP contribution < -0.4 is 0 Å². The molecule has 2 nitrogen and oxygen atoms in total. The number of Topliss-reactive ketones (excluding diaryl/α,β-unsaturated/α-hetero) is 2. The van der Waals surface area contributed by atoms with Crippen LogP contribution in [0.2, 0.25) is 0 Å². The summed E-state index contributed by atoms with van der Waals surface area (Å²) in [6, 6.07) is 0. The Morgan fingerprint density at radius 1 is 1.36 bits per heavy atom. The molecule has 1 aliphatic rings. The predicted molar refractivity (Wildman–Crippen MR) is 42.2 cm³/mol. The lowest BCUT2D eigenvalue weighted by Gasteiger charge is -2.30. The van der Waals surface area contributed by atoms with Crippen LogP contribution in [0.5, 0.6) is 0 Å². The van der Waals surface area contributed by atoms with Gasteiger partial charge in [-0.2, -0.15) is 0 Å². The summed E-state index contributed by atoms with van der Waals surface area (Å²) >= 11 is 0. The number of rotatable bonds is 0. The second kappa shape index (κ2) is 2.43. The molecule has 0 aliphatic heterocycles. The van der Waals surface area contributed by atoms with E-state index in [9.17, 15) is 9.59 Å². The molecule has 0 aromatic carbocycles. The Labute approximate surface area is 67.0 Å². The molecule has 1 aliphatic carbocycles. The standard InChI is InChI=1S/C9H14O2/c1-6-7(10)4-5-9(2,3)8(6)11/h6H,4-5H2,1-3H3. The highest BCUT2D eigenvalue weighted by atomic mass is 16.2. The summed E-state index contributed by atoms with van der Waals surface area (Å²) in [5.74, 6) is -0.151. The number of ketones is 2. The topological polar surface area (TPSA) is 34.1 Å². The molecule has 0 N–H and O–H groups in total. The molecule has 11 heavy (non-hydrogen) atoms. The Balaban J connectivity index is 2.84. The quantitative estimate of drug-likeness (QED) is 0.496. The van der Waals surface area contributed by atoms with Crippen LogP contribution in [0.3, 0.4) is 0 Å². The van der Waals surface area contributed by atoms with E-state index in [2.05, 4.69) is 0 Å². The second-order valence-electron chi connectivity index (χ2n) is 3.94. The molecule has 0 radical (unpaired) electrons. The zero-order chi connectivity index (χ0) is 8.65. The van der Waals surface area contributed by atoms with Crippen molar-refractivity contribution in [2.75, 3.05) is 0 Å². The zero-order valence-corrected chi connectivity index (χ0v) is 7.31. The van der Waals surface area contributed by atoms with Gasteiger partial charge in [0.25, 0.3) is 0 Å². The fourth-order valence-corrected chi connectivity index (χ4v) is 1.51. The van der Waals surface area contributed by atoms with Gasteiger partial charge in [-0.1, -0.05) is 13.8 Å². The molecule has 0 aromatic rings. The summed E-state index contributed by atoms with van der Waals surface area (Å²) in [4.78, 5) is 22.5. The molecule has 0 saturated heterocycles. The first-order valence-corrected chi connectivity index (χ1v) is 4.02. The monoisotopic (exact) mass is 154 g/mol. The summed E-state index contributed by atoms with van der Waals surface area (Å²) in [6.07, 6.45) is 1.29. The number of hydrogen-bond donors (Lipinski definition) is 0. The van der Waals surface area contributed by atoms with Crippen molar-refractivity contribution in [2.24, 2.45) is 11.3 Å². The van der Waals surface area contributed by atoms with Gasteiger partial charge in [0.1, 0.15) is 11.6 Å². The normalized spacial score (nSPS) is 30.6. The summed E-state index contributed by atoms with van der Waals surface area (Å²) in [5, 5.41) is 0. The lowest BCUT2D eigenvalue weighted by Crippen LogP contribution is -2.39. The smallest absolute Gasteiger partial charge is 0.148 e. The van der Waals surface area contributed by atoms with Crippen LogP contribution in [0.4, 0.5) is 0 Å². The van der Waals surface area contributed by atoms with Gasteiger partial charge in [0, 0.05) is 11.8 Å². The van der Waals surface area contributed by atoms with Crippen LogP contribution in [0.1, 0.15) is 33.6 Å². The van der Waals surface area contributed by atoms with Crippen molar-refractivity contribution in [3.63, 3.8) is 0 Å². The van der Waals surface area contributed by atoms with Crippen molar-refractivity contribution in [1.29, 1.82) is 0 Å². The average molecular weight is 154 g/mol. The van der Waals surface area contributed by atoms with Gasteiger partial charge < -0.3 is 0 Å². The van der Waals surface area contributed by atoms with Gasteiger partial charge >= 0.3 is 0 Å². The summed E-state index contributed by atoms with van der Waals surface area (Å²) in [7, 11) is 0. The molecule has 1 atom stereocenters. The Kier molecular flexibility index (Phi) is 1.87. The molecule has 0 aromatic heterocycles. The minimum atomic E-state index is -0.362. The van der Waals surface area contributed by atoms with E-state index in [1.807, 2.05) is 13.8 Å². The van der Waals surface area contributed by atoms with Gasteiger partial charge in [-0.3, -0.25) is 9.59 Å². The van der Waals surface area contributed by atoms with E-state index in [0.717, 1.165) is 6.42 Å². The maximum Gasteiger partial charge on any atom is 0.148 e. The van der Waals surface area contributed by atoms with Crippen molar-refractivity contribution in [1.82, 2.24) is 0 Å². The Morgan fingerprint density at radius 3 is 2.36 bits per heavy atom. The predicted octanol–water partition coefficient (Wildman–Crippen LogP) is 1.58. The molecular formula is C9H14O2. The van der Waals surface area contributed by atoms with E-state index in [4.69, 9.17) is 0 Å². The van der Waals surface area contributed by atoms with Crippen molar-refractivity contribution in [2.45, 2.75) is 33.6 Å². The van der Waals surface area contributed by atoms with Gasteiger partial charge in [-0.15, -0.1) is 0 Å². The molecule has 1 saturated carbocycles. The highest BCUT2D eigenvalue weighted by molar-refractivity contribution is 6.06. The van der Waals surface area contributed by atoms with E-state index in [0.29, 0.717) is 6.42 Å². The van der Waals surface area contributed by atoms with E-state index in [1.165, 1.54) is 0 Å². The third-order valence-electron chi connectivity index (χ3n) is 2.54. The molecule has 2 heteroatoms. The first-order valence-electron chi connectivity index (χ1n) is 4.02. The van der Waals surface area contributed by atoms with Crippen molar-refractivity contribution < 1.29 is 9.59 Å². The number of hydrogen-bond acceptors (Lipinski definition) is 2. The van der Waals surface area contributed by atoms with Gasteiger partial charge in [0.2, 0.25) is 0 Å². The minimum absolute atomic E-state index is 0.105. The molecule has 1 fully saturated rings. The molecule has 1 rings (SSSR count). The Bertz CT molecular complexity index is 204. The number of carbonyl (C=O) groups excluding carboxylic acids is 2. The van der Waals surface area contributed by atoms with Crippen LogP contribution in [0, 0.1) is 11.3 Å². The number of carbonyl (C=O) groups is 2. The Morgan fingerprint density at radius 2 is 1.91 bits per heavy atom. The molecule has 0 spiro atoms. The van der Waals surface area contributed by atoms with E-state index >= 15 is 0 Å².